The lowest BCUT2D eigenvalue weighted by Gasteiger charge is -2.39. The van der Waals surface area contributed by atoms with Gasteiger partial charge in [0.1, 0.15) is 0 Å². The van der Waals surface area contributed by atoms with E-state index in [2.05, 4.69) is 0 Å². The smallest absolute Gasteiger partial charge is 0.274 e. The number of aliphatic hydroxyl groups is 1. The zero-order valence-electron chi connectivity index (χ0n) is 11.1. The molecule has 0 radical (unpaired) electrons. The second kappa shape index (κ2) is 5.54. The van der Waals surface area contributed by atoms with Crippen molar-refractivity contribution in [2.45, 2.75) is 26.0 Å². The van der Waals surface area contributed by atoms with Crippen LogP contribution >= 0.6 is 0 Å². The third-order valence-electron chi connectivity index (χ3n) is 3.43. The van der Waals surface area contributed by atoms with Crippen molar-refractivity contribution in [2.75, 3.05) is 24.7 Å². The molecule has 6 heteroatoms. The summed E-state index contributed by atoms with van der Waals surface area (Å²) in [5.74, 6) is 0. The highest BCUT2D eigenvalue weighted by Crippen LogP contribution is 2.28. The first-order valence-electron chi connectivity index (χ1n) is 6.27. The number of nitro groups is 1. The Balaban J connectivity index is 2.29. The number of aliphatic hydroxyl groups excluding tert-OH is 1. The van der Waals surface area contributed by atoms with Crippen LogP contribution in [-0.4, -0.2) is 41.9 Å². The SMILES string of the molecule is Cc1ccc(N2CC(CO)OCC2C)cc1[N+](=O)[O-]. The number of anilines is 1. The fraction of sp³-hybridized carbons (Fsp3) is 0.538. The normalized spacial score (nSPS) is 23.4. The van der Waals surface area contributed by atoms with Crippen LogP contribution in [0.4, 0.5) is 11.4 Å². The molecule has 1 aliphatic heterocycles. The molecule has 1 fully saturated rings. The first-order chi connectivity index (χ1) is 9.02. The quantitative estimate of drug-likeness (QED) is 0.662. The minimum Gasteiger partial charge on any atom is -0.394 e. The highest BCUT2D eigenvalue weighted by atomic mass is 16.6. The summed E-state index contributed by atoms with van der Waals surface area (Å²) in [5, 5.41) is 20.2. The minimum absolute atomic E-state index is 0.0445. The fourth-order valence-corrected chi connectivity index (χ4v) is 2.26. The maximum absolute atomic E-state index is 11.0. The van der Waals surface area contributed by atoms with Gasteiger partial charge < -0.3 is 14.7 Å². The summed E-state index contributed by atoms with van der Waals surface area (Å²) in [6.07, 6.45) is -0.239. The molecular formula is C13H18N2O4. The molecule has 0 amide bonds. The van der Waals surface area contributed by atoms with Gasteiger partial charge in [0.15, 0.2) is 0 Å². The highest BCUT2D eigenvalue weighted by molar-refractivity contribution is 5.57. The van der Waals surface area contributed by atoms with Gasteiger partial charge in [-0.05, 0) is 19.9 Å². The van der Waals surface area contributed by atoms with Crippen molar-refractivity contribution in [3.05, 3.63) is 33.9 Å². The Kier molecular flexibility index (Phi) is 4.01. The van der Waals surface area contributed by atoms with Crippen molar-refractivity contribution in [3.63, 3.8) is 0 Å². The number of rotatable bonds is 3. The van der Waals surface area contributed by atoms with Crippen LogP contribution in [0.15, 0.2) is 18.2 Å². The number of aryl methyl sites for hydroxylation is 1. The summed E-state index contributed by atoms with van der Waals surface area (Å²) in [5.41, 5.74) is 1.57. The maximum Gasteiger partial charge on any atom is 0.274 e. The van der Waals surface area contributed by atoms with Crippen LogP contribution in [0.5, 0.6) is 0 Å². The Hall–Kier alpha value is -1.66. The third-order valence-corrected chi connectivity index (χ3v) is 3.43. The third kappa shape index (κ3) is 2.85. The van der Waals surface area contributed by atoms with Gasteiger partial charge >= 0.3 is 0 Å². The van der Waals surface area contributed by atoms with Crippen molar-refractivity contribution >= 4 is 11.4 Å². The predicted molar refractivity (Wildman–Crippen MR) is 71.5 cm³/mol. The van der Waals surface area contributed by atoms with Crippen LogP contribution in [0.3, 0.4) is 0 Å². The minimum atomic E-state index is -0.368. The Morgan fingerprint density at radius 1 is 1.58 bits per heavy atom. The number of hydrogen-bond donors (Lipinski definition) is 1. The Morgan fingerprint density at radius 3 is 2.95 bits per heavy atom. The summed E-state index contributed by atoms with van der Waals surface area (Å²) in [6.45, 7) is 4.72. The number of benzene rings is 1. The Morgan fingerprint density at radius 2 is 2.32 bits per heavy atom. The van der Waals surface area contributed by atoms with E-state index in [0.717, 1.165) is 5.69 Å². The lowest BCUT2D eigenvalue weighted by molar-refractivity contribution is -0.385. The molecule has 104 valence electrons. The van der Waals surface area contributed by atoms with Gasteiger partial charge in [-0.15, -0.1) is 0 Å². The first-order valence-corrected chi connectivity index (χ1v) is 6.27. The average molecular weight is 266 g/mol. The van der Waals surface area contributed by atoms with Crippen molar-refractivity contribution in [2.24, 2.45) is 0 Å². The first kappa shape index (κ1) is 13.8. The van der Waals surface area contributed by atoms with E-state index in [1.165, 1.54) is 0 Å². The van der Waals surface area contributed by atoms with Gasteiger partial charge in [0, 0.05) is 29.9 Å². The largest absolute Gasteiger partial charge is 0.394 e. The molecule has 2 unspecified atom stereocenters. The van der Waals surface area contributed by atoms with E-state index in [0.29, 0.717) is 18.7 Å². The molecule has 6 nitrogen and oxygen atoms in total. The van der Waals surface area contributed by atoms with Gasteiger partial charge in [-0.25, -0.2) is 0 Å². The van der Waals surface area contributed by atoms with E-state index >= 15 is 0 Å². The molecule has 0 bridgehead atoms. The number of ether oxygens (including phenoxy) is 1. The van der Waals surface area contributed by atoms with E-state index in [1.54, 1.807) is 19.1 Å². The number of nitrogens with zero attached hydrogens (tertiary/aromatic N) is 2. The zero-order valence-corrected chi connectivity index (χ0v) is 11.1. The van der Waals surface area contributed by atoms with Gasteiger partial charge in [0.05, 0.1) is 24.2 Å². The molecule has 19 heavy (non-hydrogen) atoms. The van der Waals surface area contributed by atoms with Gasteiger partial charge in [0.2, 0.25) is 0 Å². The maximum atomic E-state index is 11.0. The van der Waals surface area contributed by atoms with Crippen LogP contribution in [0.1, 0.15) is 12.5 Å². The molecule has 2 atom stereocenters. The molecule has 1 N–H and O–H groups in total. The van der Waals surface area contributed by atoms with Crippen molar-refractivity contribution in [3.8, 4) is 0 Å². The van der Waals surface area contributed by atoms with Gasteiger partial charge in [-0.1, -0.05) is 6.07 Å². The molecule has 1 saturated heterocycles. The summed E-state index contributed by atoms with van der Waals surface area (Å²) < 4.78 is 5.47. The summed E-state index contributed by atoms with van der Waals surface area (Å²) in [6, 6.07) is 5.35. The zero-order chi connectivity index (χ0) is 14.0. The van der Waals surface area contributed by atoms with Gasteiger partial charge in [-0.3, -0.25) is 10.1 Å². The van der Waals surface area contributed by atoms with E-state index in [9.17, 15) is 10.1 Å². The van der Waals surface area contributed by atoms with Crippen molar-refractivity contribution in [1.29, 1.82) is 0 Å². The molecule has 1 heterocycles. The van der Waals surface area contributed by atoms with E-state index in [1.807, 2.05) is 17.9 Å². The standard InChI is InChI=1S/C13H18N2O4/c1-9-3-4-11(5-13(9)15(17)18)14-6-12(7-16)19-8-10(14)2/h3-5,10,12,16H,6-8H2,1-2H3. The number of morpholine rings is 1. The topological polar surface area (TPSA) is 75.8 Å². The Bertz CT molecular complexity index is 478. The molecule has 1 aromatic rings. The fourth-order valence-electron chi connectivity index (χ4n) is 2.26. The van der Waals surface area contributed by atoms with E-state index in [4.69, 9.17) is 9.84 Å². The molecule has 0 spiro atoms. The van der Waals surface area contributed by atoms with Gasteiger partial charge in [-0.2, -0.15) is 0 Å². The highest BCUT2D eigenvalue weighted by Gasteiger charge is 2.27. The van der Waals surface area contributed by atoms with Crippen molar-refractivity contribution in [1.82, 2.24) is 0 Å². The van der Waals surface area contributed by atoms with E-state index < -0.39 is 0 Å². The second-order valence-electron chi connectivity index (χ2n) is 4.87. The number of hydrogen-bond acceptors (Lipinski definition) is 5. The molecule has 1 aromatic carbocycles. The molecule has 0 saturated carbocycles. The lowest BCUT2D eigenvalue weighted by Crippen LogP contribution is -2.49. The molecule has 0 aromatic heterocycles. The van der Waals surface area contributed by atoms with Crippen LogP contribution in [0, 0.1) is 17.0 Å². The summed E-state index contributed by atoms with van der Waals surface area (Å²) in [4.78, 5) is 12.7. The van der Waals surface area contributed by atoms with E-state index in [-0.39, 0.29) is 29.4 Å². The second-order valence-corrected chi connectivity index (χ2v) is 4.87. The van der Waals surface area contributed by atoms with Crippen LogP contribution in [-0.2, 0) is 4.74 Å². The van der Waals surface area contributed by atoms with Crippen LogP contribution in [0.2, 0.25) is 0 Å². The van der Waals surface area contributed by atoms with Crippen LogP contribution < -0.4 is 4.90 Å². The van der Waals surface area contributed by atoms with Crippen LogP contribution in [0.25, 0.3) is 0 Å². The summed E-state index contributed by atoms with van der Waals surface area (Å²) >= 11 is 0. The van der Waals surface area contributed by atoms with Crippen molar-refractivity contribution < 1.29 is 14.8 Å². The monoisotopic (exact) mass is 266 g/mol. The lowest BCUT2D eigenvalue weighted by atomic mass is 10.1. The molecular weight excluding hydrogens is 248 g/mol. The number of nitro benzene ring substituents is 1. The van der Waals surface area contributed by atoms with Gasteiger partial charge in [0.25, 0.3) is 5.69 Å². The molecule has 0 aliphatic carbocycles. The predicted octanol–water partition coefficient (Wildman–Crippen LogP) is 1.49. The average Bonchev–Trinajstić information content (AvgIpc) is 2.40. The molecule has 2 rings (SSSR count). The summed E-state index contributed by atoms with van der Waals surface area (Å²) in [7, 11) is 0. The molecule has 1 aliphatic rings. The Labute approximate surface area is 111 Å².